The topological polar surface area (TPSA) is 20.3 Å². The zero-order chi connectivity index (χ0) is 12.4. The van der Waals surface area contributed by atoms with Gasteiger partial charge in [0.1, 0.15) is 5.82 Å². The quantitative estimate of drug-likeness (QED) is 0.821. The molecular weight excluding hydrogens is 285 g/mol. The van der Waals surface area contributed by atoms with Gasteiger partial charge in [0.15, 0.2) is 0 Å². The average Bonchev–Trinajstić information content (AvgIpc) is 2.70. The van der Waals surface area contributed by atoms with Crippen molar-refractivity contribution >= 4 is 21.8 Å². The maximum Gasteiger partial charge on any atom is 0.227 e. The number of benzene rings is 1. The molecule has 1 atom stereocenters. The molecule has 92 valence electrons. The number of likely N-dealkylation sites (tertiary alicyclic amines) is 1. The smallest absolute Gasteiger partial charge is 0.227 e. The predicted octanol–water partition coefficient (Wildman–Crippen LogP) is 3.14. The van der Waals surface area contributed by atoms with Crippen LogP contribution >= 0.6 is 15.9 Å². The summed E-state index contributed by atoms with van der Waals surface area (Å²) in [6, 6.07) is 4.99. The summed E-state index contributed by atoms with van der Waals surface area (Å²) in [5, 5.41) is 0. The molecule has 1 unspecified atom stereocenters. The van der Waals surface area contributed by atoms with Gasteiger partial charge in [-0.15, -0.1) is 0 Å². The predicted molar refractivity (Wildman–Crippen MR) is 68.2 cm³/mol. The summed E-state index contributed by atoms with van der Waals surface area (Å²) in [6.45, 7) is 2.85. The second kappa shape index (κ2) is 5.17. The van der Waals surface area contributed by atoms with Crippen LogP contribution in [0, 0.1) is 5.82 Å². The molecule has 1 aliphatic rings. The Hall–Kier alpha value is -0.900. The zero-order valence-electron chi connectivity index (χ0n) is 9.75. The third-order valence-corrected chi connectivity index (χ3v) is 3.72. The van der Waals surface area contributed by atoms with E-state index in [4.69, 9.17) is 0 Å². The highest BCUT2D eigenvalue weighted by atomic mass is 79.9. The molecule has 17 heavy (non-hydrogen) atoms. The summed E-state index contributed by atoms with van der Waals surface area (Å²) in [5.74, 6) is -0.291. The highest BCUT2D eigenvalue weighted by Gasteiger charge is 2.25. The van der Waals surface area contributed by atoms with Crippen LogP contribution in [0.4, 0.5) is 4.39 Å². The molecule has 0 aliphatic carbocycles. The highest BCUT2D eigenvalue weighted by Crippen LogP contribution is 2.20. The summed E-state index contributed by atoms with van der Waals surface area (Å²) in [6.07, 6.45) is 2.25. The number of rotatable bonds is 2. The van der Waals surface area contributed by atoms with E-state index >= 15 is 0 Å². The van der Waals surface area contributed by atoms with E-state index in [1.165, 1.54) is 6.07 Å². The van der Waals surface area contributed by atoms with E-state index in [1.54, 1.807) is 12.1 Å². The zero-order valence-corrected chi connectivity index (χ0v) is 11.3. The van der Waals surface area contributed by atoms with Crippen molar-refractivity contribution < 1.29 is 9.18 Å². The number of carbonyl (C=O) groups is 1. The lowest BCUT2D eigenvalue weighted by atomic mass is 10.1. The standard InChI is InChI=1S/C13H15BrFNO/c1-9-3-2-6-16(9)13(17)8-10-7-11(14)4-5-12(10)15/h4-5,7,9H,2-3,6,8H2,1H3. The number of hydrogen-bond donors (Lipinski definition) is 0. The van der Waals surface area contributed by atoms with Gasteiger partial charge in [0.2, 0.25) is 5.91 Å². The molecule has 1 amide bonds. The van der Waals surface area contributed by atoms with Crippen molar-refractivity contribution in [3.05, 3.63) is 34.1 Å². The van der Waals surface area contributed by atoms with E-state index in [2.05, 4.69) is 15.9 Å². The number of hydrogen-bond acceptors (Lipinski definition) is 1. The van der Waals surface area contributed by atoms with Crippen LogP contribution in [0.25, 0.3) is 0 Å². The largest absolute Gasteiger partial charge is 0.340 e. The van der Waals surface area contributed by atoms with Gasteiger partial charge in [0, 0.05) is 17.1 Å². The van der Waals surface area contributed by atoms with Gasteiger partial charge in [0.25, 0.3) is 0 Å². The fourth-order valence-electron chi connectivity index (χ4n) is 2.25. The van der Waals surface area contributed by atoms with Gasteiger partial charge >= 0.3 is 0 Å². The molecule has 1 fully saturated rings. The van der Waals surface area contributed by atoms with Gasteiger partial charge in [-0.25, -0.2) is 4.39 Å². The molecule has 0 radical (unpaired) electrons. The lowest BCUT2D eigenvalue weighted by molar-refractivity contribution is -0.131. The van der Waals surface area contributed by atoms with E-state index in [1.807, 2.05) is 11.8 Å². The molecule has 1 aliphatic heterocycles. The van der Waals surface area contributed by atoms with Crippen LogP contribution in [0.1, 0.15) is 25.3 Å². The average molecular weight is 300 g/mol. The van der Waals surface area contributed by atoms with Gasteiger partial charge in [-0.05, 0) is 43.5 Å². The van der Waals surface area contributed by atoms with Gasteiger partial charge in [0.05, 0.1) is 6.42 Å². The Balaban J connectivity index is 2.10. The Bertz CT molecular complexity index is 435. The Morgan fingerprint density at radius 3 is 3.00 bits per heavy atom. The molecule has 0 bridgehead atoms. The van der Waals surface area contributed by atoms with Crippen LogP contribution < -0.4 is 0 Å². The van der Waals surface area contributed by atoms with Crippen molar-refractivity contribution in [1.29, 1.82) is 0 Å². The Labute approximate surface area is 109 Å². The summed E-state index contributed by atoms with van der Waals surface area (Å²) < 4.78 is 14.3. The van der Waals surface area contributed by atoms with E-state index in [9.17, 15) is 9.18 Å². The minimum atomic E-state index is -0.312. The molecule has 1 aromatic rings. The third kappa shape index (κ3) is 2.86. The minimum absolute atomic E-state index is 0.0204. The number of amides is 1. The van der Waals surface area contributed by atoms with Crippen molar-refractivity contribution in [2.24, 2.45) is 0 Å². The molecule has 4 heteroatoms. The van der Waals surface area contributed by atoms with E-state index in [0.29, 0.717) is 5.56 Å². The maximum atomic E-state index is 13.5. The van der Waals surface area contributed by atoms with Gasteiger partial charge in [-0.3, -0.25) is 4.79 Å². The maximum absolute atomic E-state index is 13.5. The van der Waals surface area contributed by atoms with E-state index < -0.39 is 0 Å². The molecule has 0 saturated carbocycles. The van der Waals surface area contributed by atoms with E-state index in [-0.39, 0.29) is 24.2 Å². The van der Waals surface area contributed by atoms with Gasteiger partial charge < -0.3 is 4.90 Å². The lowest BCUT2D eigenvalue weighted by Crippen LogP contribution is -2.34. The molecule has 1 aromatic carbocycles. The van der Waals surface area contributed by atoms with Crippen molar-refractivity contribution in [3.63, 3.8) is 0 Å². The van der Waals surface area contributed by atoms with E-state index in [0.717, 1.165) is 23.9 Å². The summed E-state index contributed by atoms with van der Waals surface area (Å²) >= 11 is 3.29. The molecule has 1 heterocycles. The SMILES string of the molecule is CC1CCCN1C(=O)Cc1cc(Br)ccc1F. The second-order valence-corrected chi connectivity index (χ2v) is 5.41. The minimum Gasteiger partial charge on any atom is -0.340 e. The Morgan fingerprint density at radius 2 is 2.35 bits per heavy atom. The van der Waals surface area contributed by atoms with Crippen LogP contribution in [-0.2, 0) is 11.2 Å². The van der Waals surface area contributed by atoms with Crippen LogP contribution in [0.2, 0.25) is 0 Å². The molecule has 0 spiro atoms. The van der Waals surface area contributed by atoms with Crippen molar-refractivity contribution in [2.45, 2.75) is 32.2 Å². The third-order valence-electron chi connectivity index (χ3n) is 3.22. The normalized spacial score (nSPS) is 19.7. The summed E-state index contributed by atoms with van der Waals surface area (Å²) in [5.41, 5.74) is 0.462. The summed E-state index contributed by atoms with van der Waals surface area (Å²) in [4.78, 5) is 13.9. The number of halogens is 2. The second-order valence-electron chi connectivity index (χ2n) is 4.49. The molecule has 1 saturated heterocycles. The number of nitrogens with zero attached hydrogens (tertiary/aromatic N) is 1. The first-order valence-corrected chi connectivity index (χ1v) is 6.60. The van der Waals surface area contributed by atoms with Crippen LogP contribution in [0.5, 0.6) is 0 Å². The first kappa shape index (κ1) is 12.6. The van der Waals surface area contributed by atoms with Crippen molar-refractivity contribution in [2.75, 3.05) is 6.54 Å². The first-order valence-electron chi connectivity index (χ1n) is 5.81. The Kier molecular flexibility index (Phi) is 3.82. The number of carbonyl (C=O) groups excluding carboxylic acids is 1. The van der Waals surface area contributed by atoms with Gasteiger partial charge in [-0.1, -0.05) is 15.9 Å². The lowest BCUT2D eigenvalue weighted by Gasteiger charge is -2.21. The van der Waals surface area contributed by atoms with Crippen LogP contribution in [-0.4, -0.2) is 23.4 Å². The monoisotopic (exact) mass is 299 g/mol. The fraction of sp³-hybridized carbons (Fsp3) is 0.462. The molecule has 0 N–H and O–H groups in total. The summed E-state index contributed by atoms with van der Waals surface area (Å²) in [7, 11) is 0. The molecular formula is C13H15BrFNO. The molecule has 2 nitrogen and oxygen atoms in total. The fourth-order valence-corrected chi connectivity index (χ4v) is 2.66. The van der Waals surface area contributed by atoms with Crippen molar-refractivity contribution in [3.8, 4) is 0 Å². The Morgan fingerprint density at radius 1 is 1.59 bits per heavy atom. The van der Waals surface area contributed by atoms with Crippen LogP contribution in [0.15, 0.2) is 22.7 Å². The first-order chi connectivity index (χ1) is 8.08. The van der Waals surface area contributed by atoms with Crippen LogP contribution in [0.3, 0.4) is 0 Å². The molecule has 2 rings (SSSR count). The molecule has 0 aromatic heterocycles. The van der Waals surface area contributed by atoms with Gasteiger partial charge in [-0.2, -0.15) is 0 Å². The van der Waals surface area contributed by atoms with Crippen molar-refractivity contribution in [1.82, 2.24) is 4.90 Å². The highest BCUT2D eigenvalue weighted by molar-refractivity contribution is 9.10.